The van der Waals surface area contributed by atoms with Crippen molar-refractivity contribution < 1.29 is 0 Å². The normalized spacial score (nSPS) is 26.3. The van der Waals surface area contributed by atoms with Gasteiger partial charge in [0, 0.05) is 6.04 Å². The summed E-state index contributed by atoms with van der Waals surface area (Å²) in [4.78, 5) is 0. The van der Waals surface area contributed by atoms with Crippen LogP contribution in [0.5, 0.6) is 0 Å². The Balaban J connectivity index is 2.34. The van der Waals surface area contributed by atoms with Gasteiger partial charge in [-0.25, -0.2) is 0 Å². The van der Waals surface area contributed by atoms with Gasteiger partial charge in [-0.1, -0.05) is 20.3 Å². The fraction of sp³-hybridized carbons (Fsp3) is 1.00. The molecular formula is C11H24N2. The topological polar surface area (TPSA) is 38.0 Å². The third kappa shape index (κ3) is 3.65. The summed E-state index contributed by atoms with van der Waals surface area (Å²) in [5.41, 5.74) is 5.81. The fourth-order valence-electron chi connectivity index (χ4n) is 2.31. The lowest BCUT2D eigenvalue weighted by Gasteiger charge is -2.31. The number of piperidine rings is 1. The Bertz CT molecular complexity index is 128. The maximum atomic E-state index is 5.81. The van der Waals surface area contributed by atoms with Crippen molar-refractivity contribution in [1.29, 1.82) is 0 Å². The van der Waals surface area contributed by atoms with E-state index in [9.17, 15) is 0 Å². The van der Waals surface area contributed by atoms with Gasteiger partial charge < -0.3 is 11.1 Å². The van der Waals surface area contributed by atoms with Crippen LogP contribution in [-0.2, 0) is 0 Å². The lowest BCUT2D eigenvalue weighted by molar-refractivity contribution is 0.265. The highest BCUT2D eigenvalue weighted by Gasteiger charge is 2.22. The second-order valence-electron chi connectivity index (χ2n) is 4.68. The summed E-state index contributed by atoms with van der Waals surface area (Å²) in [5, 5.41) is 3.60. The van der Waals surface area contributed by atoms with Gasteiger partial charge in [0.15, 0.2) is 0 Å². The second-order valence-corrected chi connectivity index (χ2v) is 4.68. The largest absolute Gasteiger partial charge is 0.330 e. The number of rotatable bonds is 4. The molecule has 0 amide bonds. The molecule has 1 fully saturated rings. The van der Waals surface area contributed by atoms with Crippen LogP contribution in [-0.4, -0.2) is 19.1 Å². The standard InChI is InChI=1S/C11H24N2/c1-9(2)7-10(8-12)11-5-3-4-6-13-11/h9-11,13H,3-8,12H2,1-2H3/t10-,11+/m0/s1. The molecule has 78 valence electrons. The molecule has 0 aliphatic carbocycles. The molecule has 0 saturated carbocycles. The van der Waals surface area contributed by atoms with E-state index in [2.05, 4.69) is 19.2 Å². The van der Waals surface area contributed by atoms with Gasteiger partial charge in [-0.3, -0.25) is 0 Å². The molecule has 1 heterocycles. The van der Waals surface area contributed by atoms with Crippen LogP contribution in [0.2, 0.25) is 0 Å². The molecule has 1 aliphatic rings. The smallest absolute Gasteiger partial charge is 0.0107 e. The van der Waals surface area contributed by atoms with Crippen molar-refractivity contribution in [2.75, 3.05) is 13.1 Å². The molecule has 0 radical (unpaired) electrons. The van der Waals surface area contributed by atoms with Crippen LogP contribution in [0.3, 0.4) is 0 Å². The zero-order valence-electron chi connectivity index (χ0n) is 9.05. The molecule has 0 spiro atoms. The molecule has 0 bridgehead atoms. The van der Waals surface area contributed by atoms with E-state index in [1.54, 1.807) is 0 Å². The minimum absolute atomic E-state index is 0.695. The van der Waals surface area contributed by atoms with Crippen molar-refractivity contribution in [3.8, 4) is 0 Å². The van der Waals surface area contributed by atoms with Crippen molar-refractivity contribution in [3.05, 3.63) is 0 Å². The fourth-order valence-corrected chi connectivity index (χ4v) is 2.31. The van der Waals surface area contributed by atoms with E-state index >= 15 is 0 Å². The molecule has 13 heavy (non-hydrogen) atoms. The average molecular weight is 184 g/mol. The van der Waals surface area contributed by atoms with Gasteiger partial charge in [0.1, 0.15) is 0 Å². The summed E-state index contributed by atoms with van der Waals surface area (Å²) in [6.45, 7) is 6.60. The van der Waals surface area contributed by atoms with Crippen LogP contribution in [0.4, 0.5) is 0 Å². The summed E-state index contributed by atoms with van der Waals surface area (Å²) in [6, 6.07) is 0.696. The highest BCUT2D eigenvalue weighted by Crippen LogP contribution is 2.20. The van der Waals surface area contributed by atoms with E-state index in [-0.39, 0.29) is 0 Å². The van der Waals surface area contributed by atoms with Gasteiger partial charge in [-0.05, 0) is 44.2 Å². The van der Waals surface area contributed by atoms with Crippen LogP contribution in [0.15, 0.2) is 0 Å². The molecule has 1 saturated heterocycles. The van der Waals surface area contributed by atoms with Crippen molar-refractivity contribution in [2.24, 2.45) is 17.6 Å². The van der Waals surface area contributed by atoms with Crippen LogP contribution in [0.25, 0.3) is 0 Å². The zero-order valence-corrected chi connectivity index (χ0v) is 9.05. The summed E-state index contributed by atoms with van der Waals surface area (Å²) >= 11 is 0. The molecule has 2 heteroatoms. The van der Waals surface area contributed by atoms with E-state index in [4.69, 9.17) is 5.73 Å². The maximum Gasteiger partial charge on any atom is 0.0107 e. The lowest BCUT2D eigenvalue weighted by atomic mass is 9.86. The summed E-state index contributed by atoms with van der Waals surface area (Å²) in [6.07, 6.45) is 5.32. The third-order valence-corrected chi connectivity index (χ3v) is 2.99. The Kier molecular flexibility index (Phi) is 4.74. The van der Waals surface area contributed by atoms with E-state index < -0.39 is 0 Å². The van der Waals surface area contributed by atoms with E-state index in [0.29, 0.717) is 12.0 Å². The Morgan fingerprint density at radius 3 is 2.62 bits per heavy atom. The van der Waals surface area contributed by atoms with Crippen molar-refractivity contribution >= 4 is 0 Å². The molecule has 0 unspecified atom stereocenters. The molecule has 1 aliphatic heterocycles. The molecular weight excluding hydrogens is 160 g/mol. The molecule has 1 rings (SSSR count). The van der Waals surface area contributed by atoms with E-state index in [0.717, 1.165) is 12.5 Å². The first-order valence-corrected chi connectivity index (χ1v) is 5.67. The Labute approximate surface area is 82.3 Å². The number of hydrogen-bond acceptors (Lipinski definition) is 2. The zero-order chi connectivity index (χ0) is 9.68. The first kappa shape index (κ1) is 11.0. The maximum absolute atomic E-state index is 5.81. The predicted octanol–water partition coefficient (Wildman–Crippen LogP) is 1.75. The minimum atomic E-state index is 0.695. The van der Waals surface area contributed by atoms with Gasteiger partial charge >= 0.3 is 0 Å². The van der Waals surface area contributed by atoms with Crippen LogP contribution in [0, 0.1) is 11.8 Å². The first-order valence-electron chi connectivity index (χ1n) is 5.67. The monoisotopic (exact) mass is 184 g/mol. The van der Waals surface area contributed by atoms with Crippen molar-refractivity contribution in [1.82, 2.24) is 5.32 Å². The van der Waals surface area contributed by atoms with E-state index in [1.165, 1.54) is 32.2 Å². The summed E-state index contributed by atoms with van der Waals surface area (Å²) in [5.74, 6) is 1.47. The van der Waals surface area contributed by atoms with E-state index in [1.807, 2.05) is 0 Å². The number of nitrogens with one attached hydrogen (secondary N) is 1. The predicted molar refractivity (Wildman–Crippen MR) is 57.6 cm³/mol. The second kappa shape index (κ2) is 5.61. The Morgan fingerprint density at radius 2 is 2.15 bits per heavy atom. The Morgan fingerprint density at radius 1 is 1.38 bits per heavy atom. The Hall–Kier alpha value is -0.0800. The van der Waals surface area contributed by atoms with Gasteiger partial charge in [-0.2, -0.15) is 0 Å². The van der Waals surface area contributed by atoms with Crippen molar-refractivity contribution in [2.45, 2.75) is 45.6 Å². The highest BCUT2D eigenvalue weighted by atomic mass is 14.9. The SMILES string of the molecule is CC(C)C[C@@H](CN)[C@H]1CCCCN1. The molecule has 0 aromatic carbocycles. The van der Waals surface area contributed by atoms with Crippen molar-refractivity contribution in [3.63, 3.8) is 0 Å². The van der Waals surface area contributed by atoms with Crippen LogP contribution < -0.4 is 11.1 Å². The quantitative estimate of drug-likeness (QED) is 0.698. The van der Waals surface area contributed by atoms with Crippen LogP contribution in [0.1, 0.15) is 39.5 Å². The average Bonchev–Trinajstić information content (AvgIpc) is 2.15. The van der Waals surface area contributed by atoms with Gasteiger partial charge in [0.25, 0.3) is 0 Å². The third-order valence-electron chi connectivity index (χ3n) is 2.99. The van der Waals surface area contributed by atoms with Gasteiger partial charge in [0.05, 0.1) is 0 Å². The molecule has 0 aromatic heterocycles. The molecule has 2 nitrogen and oxygen atoms in total. The highest BCUT2D eigenvalue weighted by molar-refractivity contribution is 4.80. The lowest BCUT2D eigenvalue weighted by Crippen LogP contribution is -2.43. The minimum Gasteiger partial charge on any atom is -0.330 e. The summed E-state index contributed by atoms with van der Waals surface area (Å²) < 4.78 is 0. The van der Waals surface area contributed by atoms with Gasteiger partial charge in [-0.15, -0.1) is 0 Å². The van der Waals surface area contributed by atoms with Crippen LogP contribution >= 0.6 is 0 Å². The molecule has 0 aromatic rings. The summed E-state index contributed by atoms with van der Waals surface area (Å²) in [7, 11) is 0. The number of nitrogens with two attached hydrogens (primary N) is 1. The molecule has 2 atom stereocenters. The molecule has 3 N–H and O–H groups in total. The first-order chi connectivity index (χ1) is 6.24. The van der Waals surface area contributed by atoms with Gasteiger partial charge in [0.2, 0.25) is 0 Å². The number of hydrogen-bond donors (Lipinski definition) is 2.